The number of carbonyl (C=O) groups excluding carboxylic acids is 2. The Morgan fingerprint density at radius 1 is 1.08 bits per heavy atom. The fourth-order valence-electron chi connectivity index (χ4n) is 2.24. The Kier molecular flexibility index (Phi) is 6.26. The van der Waals surface area contributed by atoms with E-state index in [9.17, 15) is 9.59 Å². The van der Waals surface area contributed by atoms with Gasteiger partial charge in [0.15, 0.2) is 0 Å². The average molecular weight is 345 g/mol. The van der Waals surface area contributed by atoms with Crippen molar-refractivity contribution in [3.8, 4) is 5.75 Å². The summed E-state index contributed by atoms with van der Waals surface area (Å²) >= 11 is 1.52. The molecule has 0 atom stereocenters. The molecule has 0 heterocycles. The van der Waals surface area contributed by atoms with Crippen LogP contribution in [-0.4, -0.2) is 32.4 Å². The summed E-state index contributed by atoms with van der Waals surface area (Å²) in [6, 6.07) is 12.6. The van der Waals surface area contributed by atoms with Gasteiger partial charge in [0.25, 0.3) is 5.91 Å². The van der Waals surface area contributed by atoms with E-state index in [0.717, 1.165) is 10.5 Å². The first-order chi connectivity index (χ1) is 11.6. The maximum absolute atomic E-state index is 12.4. The van der Waals surface area contributed by atoms with Crippen LogP contribution in [0.4, 0.5) is 0 Å². The number of benzene rings is 2. The molecule has 0 fully saturated rings. The van der Waals surface area contributed by atoms with Crippen LogP contribution in [0.1, 0.15) is 26.3 Å². The van der Waals surface area contributed by atoms with E-state index >= 15 is 0 Å². The second-order valence-corrected chi connectivity index (χ2v) is 5.76. The van der Waals surface area contributed by atoms with Crippen molar-refractivity contribution < 1.29 is 19.1 Å². The van der Waals surface area contributed by atoms with Gasteiger partial charge in [0.1, 0.15) is 11.3 Å². The van der Waals surface area contributed by atoms with E-state index in [4.69, 9.17) is 9.47 Å². The maximum atomic E-state index is 12.4. The minimum Gasteiger partial charge on any atom is -0.496 e. The molecule has 2 aromatic rings. The summed E-state index contributed by atoms with van der Waals surface area (Å²) in [6.45, 7) is 0.301. The van der Waals surface area contributed by atoms with Gasteiger partial charge in [-0.2, -0.15) is 0 Å². The number of hydrogen-bond acceptors (Lipinski definition) is 5. The van der Waals surface area contributed by atoms with Crippen molar-refractivity contribution in [3.05, 3.63) is 59.2 Å². The maximum Gasteiger partial charge on any atom is 0.341 e. The van der Waals surface area contributed by atoms with Crippen molar-refractivity contribution in [3.63, 3.8) is 0 Å². The highest BCUT2D eigenvalue weighted by Crippen LogP contribution is 2.22. The second-order valence-electron chi connectivity index (χ2n) is 4.91. The van der Waals surface area contributed by atoms with E-state index in [-0.39, 0.29) is 5.91 Å². The summed E-state index contributed by atoms with van der Waals surface area (Å²) in [5.74, 6) is -0.201. The van der Waals surface area contributed by atoms with E-state index < -0.39 is 5.97 Å². The highest BCUT2D eigenvalue weighted by atomic mass is 32.2. The molecule has 0 spiro atoms. The summed E-state index contributed by atoms with van der Waals surface area (Å²) in [6.07, 6.45) is 1.93. The molecule has 0 saturated carbocycles. The van der Waals surface area contributed by atoms with Crippen LogP contribution in [-0.2, 0) is 11.3 Å². The molecule has 0 bridgehead atoms. The highest BCUT2D eigenvalue weighted by Gasteiger charge is 2.14. The number of esters is 1. The molecule has 2 aromatic carbocycles. The summed E-state index contributed by atoms with van der Waals surface area (Å²) < 4.78 is 9.91. The molecule has 24 heavy (non-hydrogen) atoms. The summed E-state index contributed by atoms with van der Waals surface area (Å²) in [7, 11) is 2.80. The van der Waals surface area contributed by atoms with Crippen molar-refractivity contribution in [1.29, 1.82) is 0 Å². The standard InChI is InChI=1S/C18H19NO4S/c1-22-15-9-8-12(10-14(15)18(21)23-2)11-19-17(20)13-6-4-5-7-16(13)24-3/h4-10H,11H2,1-3H3,(H,19,20). The van der Waals surface area contributed by atoms with Gasteiger partial charge in [-0.25, -0.2) is 4.79 Å². The summed E-state index contributed by atoms with van der Waals surface area (Å²) in [5, 5.41) is 2.87. The smallest absolute Gasteiger partial charge is 0.341 e. The van der Waals surface area contributed by atoms with E-state index in [0.29, 0.717) is 23.4 Å². The Balaban J connectivity index is 2.14. The first kappa shape index (κ1) is 17.9. The first-order valence-corrected chi connectivity index (χ1v) is 8.49. The number of ether oxygens (including phenoxy) is 2. The molecular weight excluding hydrogens is 326 g/mol. The largest absolute Gasteiger partial charge is 0.496 e. The molecule has 0 aromatic heterocycles. The zero-order chi connectivity index (χ0) is 17.5. The Bertz CT molecular complexity index is 746. The Labute approximate surface area is 145 Å². The normalized spacial score (nSPS) is 10.1. The molecule has 0 aliphatic carbocycles. The third-order valence-electron chi connectivity index (χ3n) is 3.47. The lowest BCUT2D eigenvalue weighted by molar-refractivity contribution is 0.0597. The molecular formula is C18H19NO4S. The van der Waals surface area contributed by atoms with Gasteiger partial charge in [-0.3, -0.25) is 4.79 Å². The fraction of sp³-hybridized carbons (Fsp3) is 0.222. The van der Waals surface area contributed by atoms with Gasteiger partial charge in [-0.15, -0.1) is 11.8 Å². The van der Waals surface area contributed by atoms with Crippen LogP contribution < -0.4 is 10.1 Å². The highest BCUT2D eigenvalue weighted by molar-refractivity contribution is 7.98. The van der Waals surface area contributed by atoms with Gasteiger partial charge in [0.05, 0.1) is 19.8 Å². The van der Waals surface area contributed by atoms with Crippen molar-refractivity contribution in [1.82, 2.24) is 5.32 Å². The zero-order valence-electron chi connectivity index (χ0n) is 13.8. The van der Waals surface area contributed by atoms with Crippen molar-refractivity contribution in [2.24, 2.45) is 0 Å². The monoisotopic (exact) mass is 345 g/mol. The van der Waals surface area contributed by atoms with Crippen molar-refractivity contribution >= 4 is 23.6 Å². The fourth-order valence-corrected chi connectivity index (χ4v) is 2.84. The Morgan fingerprint density at radius 3 is 2.50 bits per heavy atom. The zero-order valence-corrected chi connectivity index (χ0v) is 14.6. The van der Waals surface area contributed by atoms with E-state index in [1.807, 2.05) is 24.5 Å². The number of thioether (sulfide) groups is 1. The lowest BCUT2D eigenvalue weighted by Crippen LogP contribution is -2.23. The molecule has 0 aliphatic heterocycles. The predicted octanol–water partition coefficient (Wildman–Crippen LogP) is 3.13. The SMILES string of the molecule is COC(=O)c1cc(CNC(=O)c2ccccc2SC)ccc1OC. The molecule has 1 amide bonds. The van der Waals surface area contributed by atoms with Crippen LogP contribution in [0.15, 0.2) is 47.4 Å². The molecule has 0 radical (unpaired) electrons. The topological polar surface area (TPSA) is 64.6 Å². The third kappa shape index (κ3) is 4.08. The molecule has 0 aliphatic rings. The minimum atomic E-state index is -0.479. The molecule has 6 heteroatoms. The summed E-state index contributed by atoms with van der Waals surface area (Å²) in [4.78, 5) is 25.1. The molecule has 126 valence electrons. The van der Waals surface area contributed by atoms with E-state index in [2.05, 4.69) is 5.32 Å². The number of rotatable bonds is 6. The Hall–Kier alpha value is -2.47. The van der Waals surface area contributed by atoms with Gasteiger partial charge in [0.2, 0.25) is 0 Å². The quantitative estimate of drug-likeness (QED) is 0.644. The number of methoxy groups -OCH3 is 2. The van der Waals surface area contributed by atoms with Crippen LogP contribution in [0.25, 0.3) is 0 Å². The molecule has 2 rings (SSSR count). The van der Waals surface area contributed by atoms with Crippen LogP contribution in [0.2, 0.25) is 0 Å². The first-order valence-electron chi connectivity index (χ1n) is 7.27. The van der Waals surface area contributed by atoms with Crippen LogP contribution >= 0.6 is 11.8 Å². The number of amides is 1. The number of nitrogens with one attached hydrogen (secondary N) is 1. The molecule has 0 saturated heterocycles. The van der Waals surface area contributed by atoms with Crippen LogP contribution in [0.5, 0.6) is 5.75 Å². The average Bonchev–Trinajstić information content (AvgIpc) is 2.65. The van der Waals surface area contributed by atoms with Gasteiger partial charge >= 0.3 is 5.97 Å². The van der Waals surface area contributed by atoms with Crippen molar-refractivity contribution in [2.45, 2.75) is 11.4 Å². The van der Waals surface area contributed by atoms with Crippen LogP contribution in [0, 0.1) is 0 Å². The lowest BCUT2D eigenvalue weighted by Gasteiger charge is -2.11. The van der Waals surface area contributed by atoms with Gasteiger partial charge in [0, 0.05) is 11.4 Å². The predicted molar refractivity (Wildman–Crippen MR) is 93.7 cm³/mol. The van der Waals surface area contributed by atoms with Crippen LogP contribution in [0.3, 0.4) is 0 Å². The van der Waals surface area contributed by atoms with Gasteiger partial charge in [-0.05, 0) is 36.1 Å². The molecule has 1 N–H and O–H groups in total. The third-order valence-corrected chi connectivity index (χ3v) is 4.27. The van der Waals surface area contributed by atoms with Gasteiger partial charge < -0.3 is 14.8 Å². The molecule has 0 unspecified atom stereocenters. The summed E-state index contributed by atoms with van der Waals surface area (Å²) in [5.41, 5.74) is 1.74. The number of hydrogen-bond donors (Lipinski definition) is 1. The molecule has 5 nitrogen and oxygen atoms in total. The Morgan fingerprint density at radius 2 is 1.83 bits per heavy atom. The minimum absolute atomic E-state index is 0.157. The van der Waals surface area contributed by atoms with E-state index in [1.165, 1.54) is 26.0 Å². The second kappa shape index (κ2) is 8.40. The van der Waals surface area contributed by atoms with Crippen molar-refractivity contribution in [2.75, 3.05) is 20.5 Å². The van der Waals surface area contributed by atoms with Gasteiger partial charge in [-0.1, -0.05) is 18.2 Å². The van der Waals surface area contributed by atoms with E-state index in [1.54, 1.807) is 24.3 Å². The number of carbonyl (C=O) groups is 2. The lowest BCUT2D eigenvalue weighted by atomic mass is 10.1.